The molecule has 1 unspecified atom stereocenters. The summed E-state index contributed by atoms with van der Waals surface area (Å²) in [6.45, 7) is 8.99. The third kappa shape index (κ3) is 5.79. The SMILES string of the molecule is CCN1CCN(c2ccc(F)cc2C(C)NC(=O)CCNC(=O)c2cccs2)CC1. The van der Waals surface area contributed by atoms with Gasteiger partial charge in [-0.2, -0.15) is 0 Å². The van der Waals surface area contributed by atoms with Crippen LogP contribution in [-0.2, 0) is 4.79 Å². The van der Waals surface area contributed by atoms with Crippen molar-refractivity contribution in [3.8, 4) is 0 Å². The number of benzene rings is 1. The maximum Gasteiger partial charge on any atom is 0.261 e. The molecule has 3 rings (SSSR count). The van der Waals surface area contributed by atoms with Gasteiger partial charge in [-0.05, 0) is 43.1 Å². The monoisotopic (exact) mass is 432 g/mol. The van der Waals surface area contributed by atoms with Crippen molar-refractivity contribution in [1.82, 2.24) is 15.5 Å². The zero-order valence-electron chi connectivity index (χ0n) is 17.5. The summed E-state index contributed by atoms with van der Waals surface area (Å²) in [6.07, 6.45) is 0.168. The molecule has 1 aromatic carbocycles. The lowest BCUT2D eigenvalue weighted by molar-refractivity contribution is -0.121. The van der Waals surface area contributed by atoms with Crippen molar-refractivity contribution >= 4 is 28.8 Å². The molecule has 30 heavy (non-hydrogen) atoms. The van der Waals surface area contributed by atoms with E-state index in [2.05, 4.69) is 27.4 Å². The molecule has 2 aromatic rings. The number of nitrogens with zero attached hydrogens (tertiary/aromatic N) is 2. The van der Waals surface area contributed by atoms with Gasteiger partial charge in [0.1, 0.15) is 5.82 Å². The van der Waals surface area contributed by atoms with Crippen LogP contribution in [-0.4, -0.2) is 56.0 Å². The zero-order valence-corrected chi connectivity index (χ0v) is 18.3. The summed E-state index contributed by atoms with van der Waals surface area (Å²) in [6, 6.07) is 8.00. The first kappa shape index (κ1) is 22.2. The molecule has 1 saturated heterocycles. The molecule has 8 heteroatoms. The van der Waals surface area contributed by atoms with E-state index in [0.29, 0.717) is 4.88 Å². The Morgan fingerprint density at radius 3 is 2.63 bits per heavy atom. The second-order valence-corrected chi connectivity index (χ2v) is 8.34. The van der Waals surface area contributed by atoms with Crippen LogP contribution in [0.3, 0.4) is 0 Å². The molecule has 1 aliphatic heterocycles. The lowest BCUT2D eigenvalue weighted by atomic mass is 10.0. The van der Waals surface area contributed by atoms with E-state index in [-0.39, 0.29) is 36.6 Å². The Kier molecular flexibility index (Phi) is 7.81. The molecule has 0 bridgehead atoms. The lowest BCUT2D eigenvalue weighted by Gasteiger charge is -2.37. The summed E-state index contributed by atoms with van der Waals surface area (Å²) >= 11 is 1.36. The normalized spacial score (nSPS) is 15.6. The van der Waals surface area contributed by atoms with E-state index in [1.54, 1.807) is 12.1 Å². The van der Waals surface area contributed by atoms with Crippen molar-refractivity contribution in [2.75, 3.05) is 44.2 Å². The summed E-state index contributed by atoms with van der Waals surface area (Å²) in [5.41, 5.74) is 1.74. The predicted molar refractivity (Wildman–Crippen MR) is 119 cm³/mol. The minimum atomic E-state index is -0.333. The van der Waals surface area contributed by atoms with Crippen molar-refractivity contribution in [1.29, 1.82) is 0 Å². The average molecular weight is 433 g/mol. The van der Waals surface area contributed by atoms with Crippen LogP contribution in [0.4, 0.5) is 10.1 Å². The number of carbonyl (C=O) groups is 2. The van der Waals surface area contributed by atoms with Crippen molar-refractivity contribution in [2.24, 2.45) is 0 Å². The number of thiophene rings is 1. The molecule has 2 heterocycles. The highest BCUT2D eigenvalue weighted by Crippen LogP contribution is 2.28. The van der Waals surface area contributed by atoms with Crippen molar-refractivity contribution in [3.63, 3.8) is 0 Å². The molecule has 2 amide bonds. The second-order valence-electron chi connectivity index (χ2n) is 7.40. The molecule has 6 nitrogen and oxygen atoms in total. The second kappa shape index (κ2) is 10.5. The van der Waals surface area contributed by atoms with Crippen molar-refractivity contribution in [2.45, 2.75) is 26.3 Å². The van der Waals surface area contributed by atoms with Gasteiger partial charge in [-0.3, -0.25) is 9.59 Å². The van der Waals surface area contributed by atoms with Gasteiger partial charge in [-0.25, -0.2) is 4.39 Å². The number of rotatable bonds is 8. The van der Waals surface area contributed by atoms with E-state index in [0.717, 1.165) is 44.0 Å². The fraction of sp³-hybridized carbons (Fsp3) is 0.455. The summed E-state index contributed by atoms with van der Waals surface area (Å²) in [5, 5.41) is 7.52. The number of anilines is 1. The highest BCUT2D eigenvalue weighted by molar-refractivity contribution is 7.12. The Bertz CT molecular complexity index is 851. The van der Waals surface area contributed by atoms with Gasteiger partial charge in [0.2, 0.25) is 5.91 Å². The Morgan fingerprint density at radius 2 is 1.97 bits per heavy atom. The Labute approximate surface area is 181 Å². The summed E-state index contributed by atoms with van der Waals surface area (Å²) < 4.78 is 14.0. The van der Waals surface area contributed by atoms with Crippen LogP contribution in [0.1, 0.15) is 41.5 Å². The molecule has 0 radical (unpaired) electrons. The number of hydrogen-bond acceptors (Lipinski definition) is 5. The highest BCUT2D eigenvalue weighted by Gasteiger charge is 2.22. The van der Waals surface area contributed by atoms with E-state index >= 15 is 0 Å². The number of hydrogen-bond donors (Lipinski definition) is 2. The van der Waals surface area contributed by atoms with E-state index in [9.17, 15) is 14.0 Å². The fourth-order valence-electron chi connectivity index (χ4n) is 3.64. The first-order valence-corrected chi connectivity index (χ1v) is 11.2. The van der Waals surface area contributed by atoms with Crippen LogP contribution in [0.15, 0.2) is 35.7 Å². The van der Waals surface area contributed by atoms with Crippen LogP contribution < -0.4 is 15.5 Å². The molecule has 1 aliphatic rings. The summed E-state index contributed by atoms with van der Waals surface area (Å²) in [4.78, 5) is 29.6. The third-order valence-electron chi connectivity index (χ3n) is 5.38. The number of amides is 2. The van der Waals surface area contributed by atoms with Crippen LogP contribution in [0, 0.1) is 5.82 Å². The molecule has 162 valence electrons. The van der Waals surface area contributed by atoms with Crippen LogP contribution in [0.2, 0.25) is 0 Å². The zero-order chi connectivity index (χ0) is 21.5. The van der Waals surface area contributed by atoms with Gasteiger partial charge in [0, 0.05) is 50.4 Å². The van der Waals surface area contributed by atoms with Crippen LogP contribution in [0.25, 0.3) is 0 Å². The van der Waals surface area contributed by atoms with E-state index in [1.165, 1.54) is 23.5 Å². The topological polar surface area (TPSA) is 64.7 Å². The largest absolute Gasteiger partial charge is 0.369 e. The van der Waals surface area contributed by atoms with Gasteiger partial charge >= 0.3 is 0 Å². The number of piperazine rings is 1. The van der Waals surface area contributed by atoms with Gasteiger partial charge in [0.25, 0.3) is 5.91 Å². The highest BCUT2D eigenvalue weighted by atomic mass is 32.1. The molecular formula is C22H29FN4O2S. The van der Waals surface area contributed by atoms with Crippen LogP contribution >= 0.6 is 11.3 Å². The van der Waals surface area contributed by atoms with Gasteiger partial charge in [-0.1, -0.05) is 13.0 Å². The summed E-state index contributed by atoms with van der Waals surface area (Å²) in [7, 11) is 0. The molecule has 0 aliphatic carbocycles. The molecule has 1 fully saturated rings. The Morgan fingerprint density at radius 1 is 1.20 bits per heavy atom. The van der Waals surface area contributed by atoms with Crippen molar-refractivity contribution < 1.29 is 14.0 Å². The van der Waals surface area contributed by atoms with Gasteiger partial charge in [0.15, 0.2) is 0 Å². The maximum atomic E-state index is 14.0. The Hall–Kier alpha value is -2.45. The molecule has 0 saturated carbocycles. The third-order valence-corrected chi connectivity index (χ3v) is 6.24. The lowest BCUT2D eigenvalue weighted by Crippen LogP contribution is -2.46. The van der Waals surface area contributed by atoms with Crippen molar-refractivity contribution in [3.05, 3.63) is 52.0 Å². The number of halogens is 1. The van der Waals surface area contributed by atoms with Crippen LogP contribution in [0.5, 0.6) is 0 Å². The first-order chi connectivity index (χ1) is 14.5. The minimum Gasteiger partial charge on any atom is -0.369 e. The van der Waals surface area contributed by atoms with E-state index < -0.39 is 0 Å². The van der Waals surface area contributed by atoms with E-state index in [1.807, 2.05) is 18.4 Å². The predicted octanol–water partition coefficient (Wildman–Crippen LogP) is 3.03. The standard InChI is InChI=1S/C22H29FN4O2S/c1-3-26-10-12-27(13-11-26)19-7-6-17(23)15-18(19)16(2)25-21(28)8-9-24-22(29)20-5-4-14-30-20/h4-7,14-16H,3,8-13H2,1-2H3,(H,24,29)(H,25,28). The fourth-order valence-corrected chi connectivity index (χ4v) is 4.28. The summed E-state index contributed by atoms with van der Waals surface area (Å²) in [5.74, 6) is -0.672. The first-order valence-electron chi connectivity index (χ1n) is 10.4. The van der Waals surface area contributed by atoms with Gasteiger partial charge < -0.3 is 20.4 Å². The van der Waals surface area contributed by atoms with Gasteiger partial charge in [-0.15, -0.1) is 11.3 Å². The maximum absolute atomic E-state index is 14.0. The number of nitrogens with one attached hydrogen (secondary N) is 2. The number of carbonyl (C=O) groups excluding carboxylic acids is 2. The van der Waals surface area contributed by atoms with E-state index in [4.69, 9.17) is 0 Å². The molecule has 1 aromatic heterocycles. The number of likely N-dealkylation sites (N-methyl/N-ethyl adjacent to an activating group) is 1. The minimum absolute atomic E-state index is 0.168. The van der Waals surface area contributed by atoms with Gasteiger partial charge in [0.05, 0.1) is 10.9 Å². The quantitative estimate of drug-likeness (QED) is 0.673. The molecule has 1 atom stereocenters. The molecule has 0 spiro atoms. The Balaban J connectivity index is 1.56. The average Bonchev–Trinajstić information content (AvgIpc) is 3.29. The smallest absolute Gasteiger partial charge is 0.261 e. The molecular weight excluding hydrogens is 403 g/mol. The molecule has 2 N–H and O–H groups in total.